The van der Waals surface area contributed by atoms with Crippen LogP contribution in [-0.2, 0) is 11.3 Å². The van der Waals surface area contributed by atoms with Crippen LogP contribution in [0.1, 0.15) is 38.6 Å². The van der Waals surface area contributed by atoms with E-state index in [1.54, 1.807) is 0 Å². The maximum Gasteiger partial charge on any atom is 0.319 e. The van der Waals surface area contributed by atoms with E-state index in [9.17, 15) is 13.6 Å². The van der Waals surface area contributed by atoms with E-state index in [2.05, 4.69) is 25.5 Å². The van der Waals surface area contributed by atoms with Gasteiger partial charge < -0.3 is 15.5 Å². The van der Waals surface area contributed by atoms with E-state index in [-0.39, 0.29) is 23.7 Å². The average molecular weight is 354 g/mol. The highest BCUT2D eigenvalue weighted by molar-refractivity contribution is 5.81. The van der Waals surface area contributed by atoms with Crippen LogP contribution in [-0.4, -0.2) is 52.5 Å². The number of carbonyl (C=O) groups excluding carboxylic acids is 1. The highest BCUT2D eigenvalue weighted by Gasteiger charge is 2.42. The predicted molar refractivity (Wildman–Crippen MR) is 89.2 cm³/mol. The lowest BCUT2D eigenvalue weighted by Gasteiger charge is -2.40. The van der Waals surface area contributed by atoms with Crippen molar-refractivity contribution in [2.45, 2.75) is 39.3 Å². The zero-order valence-electron chi connectivity index (χ0n) is 14.3. The van der Waals surface area contributed by atoms with Crippen LogP contribution in [0.4, 0.5) is 8.78 Å². The molecule has 0 aromatic carbocycles. The van der Waals surface area contributed by atoms with E-state index < -0.39 is 6.55 Å². The van der Waals surface area contributed by atoms with Crippen LogP contribution in [0.15, 0.2) is 17.4 Å². The first-order valence-corrected chi connectivity index (χ1v) is 8.63. The van der Waals surface area contributed by atoms with Gasteiger partial charge in [0.05, 0.1) is 0 Å². The van der Waals surface area contributed by atoms with Gasteiger partial charge in [-0.3, -0.25) is 9.36 Å². The van der Waals surface area contributed by atoms with Crippen LogP contribution in [0, 0.1) is 5.41 Å². The molecule has 9 heteroatoms. The Kier molecular flexibility index (Phi) is 5.19. The molecular weight excluding hydrogens is 330 g/mol. The first kappa shape index (κ1) is 17.6. The summed E-state index contributed by atoms with van der Waals surface area (Å²) in [5.41, 5.74) is -0.0486. The predicted octanol–water partition coefficient (Wildman–Crippen LogP) is 1.35. The Morgan fingerprint density at radius 1 is 1.56 bits per heavy atom. The summed E-state index contributed by atoms with van der Waals surface area (Å²) in [6, 6.07) is 0. The van der Waals surface area contributed by atoms with Crippen molar-refractivity contribution in [1.29, 1.82) is 0 Å². The van der Waals surface area contributed by atoms with Gasteiger partial charge in [-0.1, -0.05) is 0 Å². The standard InChI is InChI=1S/C16H24F2N6O/c1-2-19-15(21-9-12-20-5-7-24(12)14(17)18)23-6-3-4-16(11-23)8-13(25)22-10-16/h5,7,14H,2-4,6,8-11H2,1H3,(H,19,21)(H,22,25). The second-order valence-corrected chi connectivity index (χ2v) is 6.68. The van der Waals surface area contributed by atoms with E-state index in [1.807, 2.05) is 6.92 Å². The number of imidazole rings is 1. The van der Waals surface area contributed by atoms with Gasteiger partial charge in [0.2, 0.25) is 5.91 Å². The summed E-state index contributed by atoms with van der Waals surface area (Å²) >= 11 is 0. The van der Waals surface area contributed by atoms with E-state index in [0.717, 1.165) is 30.5 Å². The van der Waals surface area contributed by atoms with E-state index >= 15 is 0 Å². The molecule has 2 N–H and O–H groups in total. The lowest BCUT2D eigenvalue weighted by Crippen LogP contribution is -2.51. The summed E-state index contributed by atoms with van der Waals surface area (Å²) in [6.45, 7) is 2.38. The summed E-state index contributed by atoms with van der Waals surface area (Å²) in [6.07, 6.45) is 5.14. The van der Waals surface area contributed by atoms with Crippen molar-refractivity contribution in [2.75, 3.05) is 26.2 Å². The van der Waals surface area contributed by atoms with E-state index in [4.69, 9.17) is 0 Å². The van der Waals surface area contributed by atoms with Crippen LogP contribution >= 0.6 is 0 Å². The topological polar surface area (TPSA) is 74.6 Å². The normalized spacial score (nSPS) is 24.2. The number of hydrogen-bond acceptors (Lipinski definition) is 3. The zero-order valence-corrected chi connectivity index (χ0v) is 14.3. The molecule has 0 radical (unpaired) electrons. The van der Waals surface area contributed by atoms with Gasteiger partial charge in [-0.2, -0.15) is 8.78 Å². The second-order valence-electron chi connectivity index (χ2n) is 6.68. The maximum atomic E-state index is 12.9. The first-order valence-electron chi connectivity index (χ1n) is 8.63. The Labute approximate surface area is 145 Å². The summed E-state index contributed by atoms with van der Waals surface area (Å²) in [7, 11) is 0. The Bertz CT molecular complexity index is 646. The number of rotatable bonds is 4. The minimum Gasteiger partial charge on any atom is -0.357 e. The molecule has 3 rings (SSSR count). The van der Waals surface area contributed by atoms with E-state index in [1.165, 1.54) is 12.4 Å². The van der Waals surface area contributed by atoms with Gasteiger partial charge in [0.1, 0.15) is 12.4 Å². The fourth-order valence-corrected chi connectivity index (χ4v) is 3.64. The molecule has 2 aliphatic heterocycles. The molecule has 7 nitrogen and oxygen atoms in total. The smallest absolute Gasteiger partial charge is 0.319 e. The molecule has 25 heavy (non-hydrogen) atoms. The van der Waals surface area contributed by atoms with Crippen molar-refractivity contribution >= 4 is 11.9 Å². The van der Waals surface area contributed by atoms with Gasteiger partial charge in [0.15, 0.2) is 5.96 Å². The maximum absolute atomic E-state index is 12.9. The fraction of sp³-hybridized carbons (Fsp3) is 0.688. The number of nitrogens with one attached hydrogen (secondary N) is 2. The lowest BCUT2D eigenvalue weighted by atomic mass is 9.79. The number of piperidine rings is 1. The fourth-order valence-electron chi connectivity index (χ4n) is 3.64. The third-order valence-electron chi connectivity index (χ3n) is 4.82. The van der Waals surface area contributed by atoms with Crippen molar-refractivity contribution in [3.8, 4) is 0 Å². The number of likely N-dealkylation sites (tertiary alicyclic amines) is 1. The number of nitrogens with zero attached hydrogens (tertiary/aromatic N) is 4. The molecule has 138 valence electrons. The van der Waals surface area contributed by atoms with Crippen molar-refractivity contribution in [2.24, 2.45) is 10.4 Å². The Morgan fingerprint density at radius 3 is 3.08 bits per heavy atom. The second kappa shape index (κ2) is 7.37. The van der Waals surface area contributed by atoms with E-state index in [0.29, 0.717) is 25.5 Å². The van der Waals surface area contributed by atoms with Crippen LogP contribution in [0.25, 0.3) is 0 Å². The minimum absolute atomic E-state index is 0.0486. The summed E-state index contributed by atoms with van der Waals surface area (Å²) in [5, 5.41) is 6.15. The van der Waals surface area contributed by atoms with Gasteiger partial charge in [0, 0.05) is 50.4 Å². The molecular formula is C16H24F2N6O. The van der Waals surface area contributed by atoms with Crippen LogP contribution in [0.5, 0.6) is 0 Å². The van der Waals surface area contributed by atoms with Crippen LogP contribution in [0.2, 0.25) is 0 Å². The Morgan fingerprint density at radius 2 is 2.40 bits per heavy atom. The van der Waals surface area contributed by atoms with Crippen molar-refractivity contribution in [1.82, 2.24) is 25.1 Å². The molecule has 0 aliphatic carbocycles. The number of guanidine groups is 1. The summed E-state index contributed by atoms with van der Waals surface area (Å²) in [5.74, 6) is 1.02. The highest BCUT2D eigenvalue weighted by atomic mass is 19.3. The molecule has 1 unspecified atom stereocenters. The van der Waals surface area contributed by atoms with Crippen molar-refractivity contribution < 1.29 is 13.6 Å². The number of halogens is 2. The van der Waals surface area contributed by atoms with Gasteiger partial charge in [0.25, 0.3) is 0 Å². The van der Waals surface area contributed by atoms with Crippen molar-refractivity contribution in [3.05, 3.63) is 18.2 Å². The number of aromatic nitrogens is 2. The monoisotopic (exact) mass is 354 g/mol. The van der Waals surface area contributed by atoms with Gasteiger partial charge in [-0.05, 0) is 19.8 Å². The Hall–Kier alpha value is -2.19. The molecule has 1 aromatic heterocycles. The van der Waals surface area contributed by atoms with Crippen molar-refractivity contribution in [3.63, 3.8) is 0 Å². The molecule has 2 fully saturated rings. The molecule has 2 saturated heterocycles. The number of hydrogen-bond donors (Lipinski definition) is 2. The quantitative estimate of drug-likeness (QED) is 0.632. The molecule has 1 atom stereocenters. The third-order valence-corrected chi connectivity index (χ3v) is 4.82. The minimum atomic E-state index is -2.62. The molecule has 1 spiro atoms. The number of carbonyl (C=O) groups is 1. The molecule has 0 saturated carbocycles. The number of aliphatic imine (C=N–C) groups is 1. The zero-order chi connectivity index (χ0) is 17.9. The Balaban J connectivity index is 1.73. The molecule has 0 bridgehead atoms. The number of alkyl halides is 2. The molecule has 1 amide bonds. The summed E-state index contributed by atoms with van der Waals surface area (Å²) < 4.78 is 26.7. The highest BCUT2D eigenvalue weighted by Crippen LogP contribution is 2.36. The first-order chi connectivity index (χ1) is 12.0. The van der Waals surface area contributed by atoms with Crippen LogP contribution < -0.4 is 10.6 Å². The number of amides is 1. The third kappa shape index (κ3) is 3.91. The molecule has 1 aromatic rings. The SMILES string of the molecule is CCNC(=NCc1nccn1C(F)F)N1CCCC2(CNC(=O)C2)C1. The van der Waals surface area contributed by atoms with Gasteiger partial charge >= 0.3 is 6.55 Å². The largest absolute Gasteiger partial charge is 0.357 e. The molecule has 2 aliphatic rings. The summed E-state index contributed by atoms with van der Waals surface area (Å²) in [4.78, 5) is 22.2. The lowest BCUT2D eigenvalue weighted by molar-refractivity contribution is -0.119. The van der Waals surface area contributed by atoms with Gasteiger partial charge in [-0.25, -0.2) is 9.98 Å². The average Bonchev–Trinajstić information content (AvgIpc) is 3.18. The van der Waals surface area contributed by atoms with Gasteiger partial charge in [-0.15, -0.1) is 0 Å². The molecule has 3 heterocycles. The van der Waals surface area contributed by atoms with Crippen LogP contribution in [0.3, 0.4) is 0 Å².